The van der Waals surface area contributed by atoms with Gasteiger partial charge < -0.3 is 16.0 Å². The standard InChI is InChI=1S/C19H22Cl2N4O.HI/c1-3-22-19(24-12-15-7-8-16(20)10-18(15)21)23-11-14-5-4-6-17(9-14)25-13(2)26;/h4-10H,3,11-12H2,1-2H3,(H,25,26)(H2,22,23,24);1H. The van der Waals surface area contributed by atoms with Crippen LogP contribution in [0, 0.1) is 0 Å². The van der Waals surface area contributed by atoms with Crippen LogP contribution in [0.4, 0.5) is 5.69 Å². The first-order valence-corrected chi connectivity index (χ1v) is 9.06. The lowest BCUT2D eigenvalue weighted by molar-refractivity contribution is -0.114. The van der Waals surface area contributed by atoms with Crippen LogP contribution in [-0.4, -0.2) is 18.4 Å². The molecule has 0 radical (unpaired) electrons. The molecule has 2 rings (SSSR count). The van der Waals surface area contributed by atoms with Crippen molar-refractivity contribution in [3.63, 3.8) is 0 Å². The van der Waals surface area contributed by atoms with E-state index in [0.29, 0.717) is 29.1 Å². The van der Waals surface area contributed by atoms with Crippen LogP contribution in [-0.2, 0) is 17.9 Å². The minimum absolute atomic E-state index is 0. The highest BCUT2D eigenvalue weighted by atomic mass is 127. The molecule has 3 N–H and O–H groups in total. The minimum atomic E-state index is -0.0968. The van der Waals surface area contributed by atoms with Crippen LogP contribution in [0.3, 0.4) is 0 Å². The normalized spacial score (nSPS) is 10.7. The second-order valence-corrected chi connectivity index (χ2v) is 6.51. The van der Waals surface area contributed by atoms with Gasteiger partial charge in [0.1, 0.15) is 0 Å². The van der Waals surface area contributed by atoms with E-state index in [-0.39, 0.29) is 29.9 Å². The van der Waals surface area contributed by atoms with Crippen molar-refractivity contribution in [2.45, 2.75) is 26.9 Å². The summed E-state index contributed by atoms with van der Waals surface area (Å²) in [6, 6.07) is 13.0. The van der Waals surface area contributed by atoms with E-state index in [1.807, 2.05) is 43.3 Å². The highest BCUT2D eigenvalue weighted by Gasteiger charge is 2.04. The summed E-state index contributed by atoms with van der Waals surface area (Å²) in [6.45, 7) is 5.25. The molecule has 5 nitrogen and oxygen atoms in total. The predicted molar refractivity (Wildman–Crippen MR) is 124 cm³/mol. The number of carbonyl (C=O) groups excluding carboxylic acids is 1. The van der Waals surface area contributed by atoms with E-state index in [0.717, 1.165) is 23.4 Å². The molecule has 0 aromatic heterocycles. The zero-order valence-corrected chi connectivity index (χ0v) is 19.0. The van der Waals surface area contributed by atoms with Gasteiger partial charge in [0.15, 0.2) is 5.96 Å². The van der Waals surface area contributed by atoms with Crippen molar-refractivity contribution in [1.29, 1.82) is 0 Å². The molecule has 2 aromatic carbocycles. The third-order valence-corrected chi connectivity index (χ3v) is 4.06. The number of nitrogens with zero attached hydrogens (tertiary/aromatic N) is 1. The van der Waals surface area contributed by atoms with Gasteiger partial charge in [0.25, 0.3) is 0 Å². The van der Waals surface area contributed by atoms with Crippen molar-refractivity contribution in [2.75, 3.05) is 11.9 Å². The molecule has 0 spiro atoms. The Morgan fingerprint density at radius 1 is 1.11 bits per heavy atom. The third-order valence-electron chi connectivity index (χ3n) is 3.47. The molecule has 0 aliphatic rings. The summed E-state index contributed by atoms with van der Waals surface area (Å²) in [6.07, 6.45) is 0. The molecule has 1 amide bonds. The number of nitrogens with one attached hydrogen (secondary N) is 3. The van der Waals surface area contributed by atoms with Crippen LogP contribution < -0.4 is 16.0 Å². The van der Waals surface area contributed by atoms with Gasteiger partial charge in [-0.05, 0) is 42.3 Å². The molecule has 8 heteroatoms. The van der Waals surface area contributed by atoms with Gasteiger partial charge >= 0.3 is 0 Å². The number of amides is 1. The van der Waals surface area contributed by atoms with Crippen LogP contribution >= 0.6 is 47.2 Å². The van der Waals surface area contributed by atoms with Crippen molar-refractivity contribution >= 4 is 64.7 Å². The summed E-state index contributed by atoms with van der Waals surface area (Å²) < 4.78 is 0. The van der Waals surface area contributed by atoms with Crippen molar-refractivity contribution in [3.05, 3.63) is 63.6 Å². The number of rotatable bonds is 6. The number of aliphatic imine (C=N–C) groups is 1. The maximum absolute atomic E-state index is 11.2. The summed E-state index contributed by atoms with van der Waals surface area (Å²) in [5, 5.41) is 10.5. The summed E-state index contributed by atoms with van der Waals surface area (Å²) in [4.78, 5) is 15.7. The molecule has 0 saturated carbocycles. The Labute approximate surface area is 186 Å². The fourth-order valence-corrected chi connectivity index (χ4v) is 2.78. The SMILES string of the molecule is CCNC(=NCc1cccc(NC(C)=O)c1)NCc1ccc(Cl)cc1Cl.I. The Morgan fingerprint density at radius 3 is 2.56 bits per heavy atom. The first kappa shape index (κ1) is 23.5. The number of hydrogen-bond acceptors (Lipinski definition) is 2. The number of carbonyl (C=O) groups is 1. The van der Waals surface area contributed by atoms with Crippen LogP contribution in [0.15, 0.2) is 47.5 Å². The van der Waals surface area contributed by atoms with Gasteiger partial charge in [0.05, 0.1) is 6.54 Å². The number of hydrogen-bond donors (Lipinski definition) is 3. The maximum atomic E-state index is 11.2. The first-order chi connectivity index (χ1) is 12.5. The van der Waals surface area contributed by atoms with Crippen molar-refractivity contribution in [2.24, 2.45) is 4.99 Å². The lowest BCUT2D eigenvalue weighted by Gasteiger charge is -2.12. The topological polar surface area (TPSA) is 65.5 Å². The Morgan fingerprint density at radius 2 is 1.89 bits per heavy atom. The lowest BCUT2D eigenvalue weighted by Crippen LogP contribution is -2.36. The fourth-order valence-electron chi connectivity index (χ4n) is 2.31. The molecule has 146 valence electrons. The van der Waals surface area contributed by atoms with Crippen LogP contribution in [0.1, 0.15) is 25.0 Å². The van der Waals surface area contributed by atoms with Gasteiger partial charge in [-0.1, -0.05) is 41.4 Å². The molecule has 27 heavy (non-hydrogen) atoms. The van der Waals surface area contributed by atoms with E-state index in [4.69, 9.17) is 23.2 Å². The van der Waals surface area contributed by atoms with Crippen molar-refractivity contribution in [1.82, 2.24) is 10.6 Å². The molecule has 0 atom stereocenters. The zero-order valence-electron chi connectivity index (χ0n) is 15.2. The fraction of sp³-hybridized carbons (Fsp3) is 0.263. The van der Waals surface area contributed by atoms with Crippen molar-refractivity contribution < 1.29 is 4.79 Å². The first-order valence-electron chi connectivity index (χ1n) is 8.30. The van der Waals surface area contributed by atoms with Gasteiger partial charge in [0, 0.05) is 35.7 Å². The molecule has 0 fully saturated rings. The average Bonchev–Trinajstić information content (AvgIpc) is 2.58. The smallest absolute Gasteiger partial charge is 0.221 e. The van der Waals surface area contributed by atoms with Gasteiger partial charge in [-0.2, -0.15) is 0 Å². The van der Waals surface area contributed by atoms with Gasteiger partial charge in [-0.15, -0.1) is 24.0 Å². The molecule has 0 aliphatic carbocycles. The van der Waals surface area contributed by atoms with Gasteiger partial charge in [-0.25, -0.2) is 4.99 Å². The zero-order chi connectivity index (χ0) is 18.9. The van der Waals surface area contributed by atoms with Crippen LogP contribution in [0.25, 0.3) is 0 Å². The quantitative estimate of drug-likeness (QED) is 0.290. The van der Waals surface area contributed by atoms with Crippen LogP contribution in [0.5, 0.6) is 0 Å². The number of halogens is 3. The molecule has 0 aliphatic heterocycles. The third kappa shape index (κ3) is 8.36. The molecular weight excluding hydrogens is 498 g/mol. The summed E-state index contributed by atoms with van der Waals surface area (Å²) in [7, 11) is 0. The van der Waals surface area contributed by atoms with Crippen molar-refractivity contribution in [3.8, 4) is 0 Å². The number of anilines is 1. The van der Waals surface area contributed by atoms with Gasteiger partial charge in [-0.3, -0.25) is 4.79 Å². The monoisotopic (exact) mass is 520 g/mol. The number of benzene rings is 2. The van der Waals surface area contributed by atoms with E-state index in [1.165, 1.54) is 6.92 Å². The molecule has 0 heterocycles. The van der Waals surface area contributed by atoms with Crippen LogP contribution in [0.2, 0.25) is 10.0 Å². The Bertz CT molecular complexity index is 799. The van der Waals surface area contributed by atoms with Gasteiger partial charge in [0.2, 0.25) is 5.91 Å². The predicted octanol–water partition coefficient (Wildman–Crippen LogP) is 4.83. The Balaban J connectivity index is 0.00000364. The summed E-state index contributed by atoms with van der Waals surface area (Å²) >= 11 is 12.1. The highest BCUT2D eigenvalue weighted by Crippen LogP contribution is 2.20. The molecule has 0 saturated heterocycles. The minimum Gasteiger partial charge on any atom is -0.357 e. The van der Waals surface area contributed by atoms with E-state index in [2.05, 4.69) is 20.9 Å². The largest absolute Gasteiger partial charge is 0.357 e. The summed E-state index contributed by atoms with van der Waals surface area (Å²) in [5.74, 6) is 0.587. The molecule has 0 bridgehead atoms. The second kappa shape index (κ2) is 12.0. The van der Waals surface area contributed by atoms with E-state index >= 15 is 0 Å². The van der Waals surface area contributed by atoms with E-state index in [1.54, 1.807) is 6.07 Å². The second-order valence-electron chi connectivity index (χ2n) is 5.67. The lowest BCUT2D eigenvalue weighted by atomic mass is 10.2. The average molecular weight is 521 g/mol. The Kier molecular flexibility index (Phi) is 10.5. The highest BCUT2D eigenvalue weighted by molar-refractivity contribution is 14.0. The molecular formula is C19H23Cl2IN4O. The van der Waals surface area contributed by atoms with E-state index in [9.17, 15) is 4.79 Å². The molecule has 0 unspecified atom stereocenters. The summed E-state index contributed by atoms with van der Waals surface area (Å²) in [5.41, 5.74) is 2.70. The number of guanidine groups is 1. The maximum Gasteiger partial charge on any atom is 0.221 e. The molecule has 2 aromatic rings. The Hall–Kier alpha value is -1.51. The van der Waals surface area contributed by atoms with E-state index < -0.39 is 0 Å².